The molecule has 2 rings (SSSR count). The van der Waals surface area contributed by atoms with Crippen molar-refractivity contribution in [3.63, 3.8) is 0 Å². The number of imide groups is 1. The van der Waals surface area contributed by atoms with Gasteiger partial charge in [-0.05, 0) is 31.5 Å². The number of halogens is 1. The van der Waals surface area contributed by atoms with E-state index in [0.717, 1.165) is 0 Å². The zero-order chi connectivity index (χ0) is 14.9. The molecule has 1 aromatic rings. The lowest BCUT2D eigenvalue weighted by atomic mass is 10.0. The Balaban J connectivity index is 2.47. The highest BCUT2D eigenvalue weighted by molar-refractivity contribution is 6.04. The van der Waals surface area contributed by atoms with Gasteiger partial charge in [-0.15, -0.1) is 0 Å². The molecule has 0 aliphatic carbocycles. The van der Waals surface area contributed by atoms with Gasteiger partial charge in [-0.25, -0.2) is 4.39 Å². The van der Waals surface area contributed by atoms with E-state index in [4.69, 9.17) is 0 Å². The lowest BCUT2D eigenvalue weighted by molar-refractivity contribution is -0.132. The van der Waals surface area contributed by atoms with E-state index in [1.807, 2.05) is 6.92 Å². The number of nitrogens with one attached hydrogen (secondary N) is 1. The van der Waals surface area contributed by atoms with Crippen LogP contribution in [0.5, 0.6) is 0 Å². The number of hydrogen-bond acceptors (Lipinski definition) is 4. The van der Waals surface area contributed by atoms with E-state index in [1.54, 1.807) is 4.90 Å². The summed E-state index contributed by atoms with van der Waals surface area (Å²) in [4.78, 5) is 25.0. The molecule has 5 nitrogen and oxygen atoms in total. The quantitative estimate of drug-likeness (QED) is 0.814. The Morgan fingerprint density at radius 1 is 1.50 bits per heavy atom. The summed E-state index contributed by atoms with van der Waals surface area (Å²) in [6.07, 6.45) is -0.381. The van der Waals surface area contributed by atoms with Crippen molar-refractivity contribution in [1.82, 2.24) is 5.32 Å². The van der Waals surface area contributed by atoms with Crippen LogP contribution in [-0.4, -0.2) is 29.5 Å². The third-order valence-electron chi connectivity index (χ3n) is 3.39. The van der Waals surface area contributed by atoms with Crippen molar-refractivity contribution >= 4 is 17.5 Å². The molecule has 2 atom stereocenters. The van der Waals surface area contributed by atoms with Crippen LogP contribution in [0.2, 0.25) is 0 Å². The Morgan fingerprint density at radius 2 is 2.20 bits per heavy atom. The molecule has 0 saturated carbocycles. The number of rotatable bonds is 3. The van der Waals surface area contributed by atoms with Crippen LogP contribution in [0.1, 0.15) is 31.9 Å². The summed E-state index contributed by atoms with van der Waals surface area (Å²) >= 11 is 0. The average Bonchev–Trinajstić information content (AvgIpc) is 2.37. The van der Waals surface area contributed by atoms with Gasteiger partial charge in [0.05, 0.1) is 12.6 Å². The molecule has 1 aliphatic rings. The minimum atomic E-state index is -0.890. The van der Waals surface area contributed by atoms with Crippen LogP contribution in [0.4, 0.5) is 10.1 Å². The molecule has 0 aromatic heterocycles. The zero-order valence-corrected chi connectivity index (χ0v) is 11.4. The number of anilines is 1. The molecular weight excluding hydrogens is 263 g/mol. The summed E-state index contributed by atoms with van der Waals surface area (Å²) in [5.41, 5.74) is 0.877. The number of piperazine rings is 1. The largest absolute Gasteiger partial charge is 0.389 e. The normalized spacial score (nSPS) is 20.8. The molecule has 2 unspecified atom stereocenters. The Kier molecular flexibility index (Phi) is 4.04. The highest BCUT2D eigenvalue weighted by atomic mass is 19.1. The lowest BCUT2D eigenvalue weighted by Crippen LogP contribution is -2.58. The molecule has 1 aliphatic heterocycles. The second-order valence-corrected chi connectivity index (χ2v) is 4.84. The van der Waals surface area contributed by atoms with E-state index < -0.39 is 23.9 Å². The molecule has 0 spiro atoms. The maximum atomic E-state index is 13.3. The average molecular weight is 280 g/mol. The summed E-state index contributed by atoms with van der Waals surface area (Å²) in [6.45, 7) is 3.36. The van der Waals surface area contributed by atoms with E-state index in [2.05, 4.69) is 5.32 Å². The van der Waals surface area contributed by atoms with Crippen LogP contribution in [-0.2, 0) is 9.59 Å². The second-order valence-electron chi connectivity index (χ2n) is 4.84. The Bertz CT molecular complexity index is 545. The standard InChI is InChI=1S/C14H17FN2O3/c1-3-11-14(20)16-13(19)7-17(11)12-5-4-9(15)6-10(12)8(2)18/h4-6,8,11,18H,3,7H2,1-2H3,(H,16,19,20). The molecule has 1 aromatic carbocycles. The molecule has 0 radical (unpaired) electrons. The van der Waals surface area contributed by atoms with Crippen LogP contribution >= 0.6 is 0 Å². The third-order valence-corrected chi connectivity index (χ3v) is 3.39. The Hall–Kier alpha value is -1.95. The van der Waals surface area contributed by atoms with Crippen molar-refractivity contribution in [1.29, 1.82) is 0 Å². The van der Waals surface area contributed by atoms with E-state index in [0.29, 0.717) is 17.7 Å². The number of aliphatic hydroxyl groups excluding tert-OH is 1. The van der Waals surface area contributed by atoms with Gasteiger partial charge in [-0.2, -0.15) is 0 Å². The first kappa shape index (κ1) is 14.5. The smallest absolute Gasteiger partial charge is 0.249 e. The molecule has 6 heteroatoms. The van der Waals surface area contributed by atoms with Gasteiger partial charge in [0.2, 0.25) is 11.8 Å². The summed E-state index contributed by atoms with van der Waals surface area (Å²) in [5, 5.41) is 12.1. The summed E-state index contributed by atoms with van der Waals surface area (Å²) in [7, 11) is 0. The first-order valence-corrected chi connectivity index (χ1v) is 6.52. The summed E-state index contributed by atoms with van der Waals surface area (Å²) in [6, 6.07) is 3.47. The van der Waals surface area contributed by atoms with Gasteiger partial charge in [-0.1, -0.05) is 6.92 Å². The molecule has 108 valence electrons. The number of amides is 2. The lowest BCUT2D eigenvalue weighted by Gasteiger charge is -2.36. The zero-order valence-electron chi connectivity index (χ0n) is 11.4. The Labute approximate surface area is 116 Å². The summed E-state index contributed by atoms with van der Waals surface area (Å²) < 4.78 is 13.3. The van der Waals surface area contributed by atoms with Crippen molar-refractivity contribution in [2.75, 3.05) is 11.4 Å². The van der Waals surface area contributed by atoms with Crippen LogP contribution in [0.3, 0.4) is 0 Å². The second kappa shape index (κ2) is 5.58. The van der Waals surface area contributed by atoms with Gasteiger partial charge >= 0.3 is 0 Å². The topological polar surface area (TPSA) is 69.6 Å². The minimum Gasteiger partial charge on any atom is -0.389 e. The van der Waals surface area contributed by atoms with Crippen LogP contribution in [0.25, 0.3) is 0 Å². The first-order valence-electron chi connectivity index (χ1n) is 6.52. The van der Waals surface area contributed by atoms with Gasteiger partial charge in [-0.3, -0.25) is 14.9 Å². The van der Waals surface area contributed by atoms with E-state index in [1.165, 1.54) is 25.1 Å². The van der Waals surface area contributed by atoms with Crippen molar-refractivity contribution in [3.05, 3.63) is 29.6 Å². The van der Waals surface area contributed by atoms with Crippen LogP contribution in [0, 0.1) is 5.82 Å². The number of carbonyl (C=O) groups excluding carboxylic acids is 2. The highest BCUT2D eigenvalue weighted by Crippen LogP contribution is 2.30. The van der Waals surface area contributed by atoms with Gasteiger partial charge in [0, 0.05) is 11.3 Å². The molecule has 1 saturated heterocycles. The fourth-order valence-corrected chi connectivity index (χ4v) is 2.45. The molecule has 20 heavy (non-hydrogen) atoms. The fourth-order valence-electron chi connectivity index (χ4n) is 2.45. The molecule has 1 fully saturated rings. The van der Waals surface area contributed by atoms with Crippen LogP contribution < -0.4 is 10.2 Å². The monoisotopic (exact) mass is 280 g/mol. The third kappa shape index (κ3) is 2.65. The number of aliphatic hydroxyl groups is 1. The van der Waals surface area contributed by atoms with Gasteiger partial charge < -0.3 is 10.0 Å². The van der Waals surface area contributed by atoms with Gasteiger partial charge in [0.25, 0.3) is 0 Å². The minimum absolute atomic E-state index is 0.00952. The molecule has 2 N–H and O–H groups in total. The van der Waals surface area contributed by atoms with E-state index in [-0.39, 0.29) is 12.5 Å². The number of benzene rings is 1. The molecular formula is C14H17FN2O3. The van der Waals surface area contributed by atoms with Gasteiger partial charge in [0.1, 0.15) is 11.9 Å². The fraction of sp³-hybridized carbons (Fsp3) is 0.429. The predicted molar refractivity (Wildman–Crippen MR) is 71.6 cm³/mol. The summed E-state index contributed by atoms with van der Waals surface area (Å²) in [5.74, 6) is -1.24. The number of carbonyl (C=O) groups is 2. The maximum Gasteiger partial charge on any atom is 0.249 e. The van der Waals surface area contributed by atoms with Crippen molar-refractivity contribution in [2.24, 2.45) is 0 Å². The van der Waals surface area contributed by atoms with E-state index in [9.17, 15) is 19.1 Å². The number of nitrogens with zero attached hydrogens (tertiary/aromatic N) is 1. The van der Waals surface area contributed by atoms with E-state index >= 15 is 0 Å². The maximum absolute atomic E-state index is 13.3. The van der Waals surface area contributed by atoms with Crippen LogP contribution in [0.15, 0.2) is 18.2 Å². The Morgan fingerprint density at radius 3 is 2.80 bits per heavy atom. The van der Waals surface area contributed by atoms with Crippen molar-refractivity contribution in [3.8, 4) is 0 Å². The highest BCUT2D eigenvalue weighted by Gasteiger charge is 2.34. The predicted octanol–water partition coefficient (Wildman–Crippen LogP) is 1.12. The molecule has 1 heterocycles. The molecule has 2 amide bonds. The first-order chi connectivity index (χ1) is 9.43. The van der Waals surface area contributed by atoms with Gasteiger partial charge in [0.15, 0.2) is 0 Å². The molecule has 0 bridgehead atoms. The van der Waals surface area contributed by atoms with Crippen molar-refractivity contribution in [2.45, 2.75) is 32.4 Å². The number of hydrogen-bond donors (Lipinski definition) is 2. The van der Waals surface area contributed by atoms with Crippen molar-refractivity contribution < 1.29 is 19.1 Å². The SMILES string of the molecule is CCC1C(=O)NC(=O)CN1c1ccc(F)cc1C(C)O.